The number of para-hydroxylation sites is 3. The highest BCUT2D eigenvalue weighted by Gasteiger charge is 2.18. The molecule has 50 heavy (non-hydrogen) atoms. The third-order valence-corrected chi connectivity index (χ3v) is 9.60. The van der Waals surface area contributed by atoms with Gasteiger partial charge in [-0.1, -0.05) is 91.0 Å². The molecule has 7 aromatic carbocycles. The molecule has 5 heteroatoms. The molecule has 0 atom stereocenters. The molecular formula is C45H25N5. The molecule has 2 aromatic heterocycles. The lowest BCUT2D eigenvalue weighted by Crippen LogP contribution is -1.98. The van der Waals surface area contributed by atoms with Crippen molar-refractivity contribution in [3.05, 3.63) is 174 Å². The highest BCUT2D eigenvalue weighted by Crippen LogP contribution is 2.39. The van der Waals surface area contributed by atoms with E-state index in [0.29, 0.717) is 16.8 Å². The number of benzene rings is 7. The topological polar surface area (TPSA) is 61.8 Å². The smallest absolute Gasteiger partial charge is 0.189 e. The van der Waals surface area contributed by atoms with Crippen LogP contribution < -0.4 is 0 Å². The van der Waals surface area contributed by atoms with Gasteiger partial charge in [0, 0.05) is 38.3 Å². The minimum Gasteiger partial charge on any atom is -0.310 e. The molecule has 0 fully saturated rings. The summed E-state index contributed by atoms with van der Waals surface area (Å²) in [6.45, 7) is 7.60. The minimum absolute atomic E-state index is 0.566. The van der Waals surface area contributed by atoms with E-state index in [2.05, 4.69) is 86.8 Å². The third kappa shape index (κ3) is 4.38. The standard InChI is InChI=1S/C45H25N5/c1-48-33-18-20-39-37-12-3-6-15-42(37)49(45(39)26-33)34-19-21-35(32(25-34)28-47)30-9-8-10-31(24-30)36-11-2-5-14-41(36)50-43-16-7-4-13-38(43)40-23-29(27-46)17-22-44(40)50/h2-26H. The van der Waals surface area contributed by atoms with Crippen LogP contribution in [0.5, 0.6) is 0 Å². The van der Waals surface area contributed by atoms with E-state index in [1.165, 1.54) is 0 Å². The fourth-order valence-electron chi connectivity index (χ4n) is 7.39. The molecule has 0 spiro atoms. The number of aromatic nitrogens is 2. The van der Waals surface area contributed by atoms with Crippen LogP contribution in [0.25, 0.3) is 82.1 Å². The third-order valence-electron chi connectivity index (χ3n) is 9.60. The van der Waals surface area contributed by atoms with Crippen molar-refractivity contribution in [2.24, 2.45) is 0 Å². The first-order valence-electron chi connectivity index (χ1n) is 16.3. The van der Waals surface area contributed by atoms with Crippen molar-refractivity contribution in [1.29, 1.82) is 10.5 Å². The zero-order valence-corrected chi connectivity index (χ0v) is 26.7. The van der Waals surface area contributed by atoms with Crippen molar-refractivity contribution in [3.63, 3.8) is 0 Å². The van der Waals surface area contributed by atoms with Crippen LogP contribution >= 0.6 is 0 Å². The molecule has 0 aliphatic rings. The molecule has 0 bridgehead atoms. The summed E-state index contributed by atoms with van der Waals surface area (Å²) in [4.78, 5) is 3.68. The first kappa shape index (κ1) is 28.8. The summed E-state index contributed by atoms with van der Waals surface area (Å²) in [5.41, 5.74) is 11.6. The first-order chi connectivity index (χ1) is 24.7. The first-order valence-corrected chi connectivity index (χ1v) is 16.3. The molecule has 0 saturated carbocycles. The van der Waals surface area contributed by atoms with Crippen molar-refractivity contribution in [2.75, 3.05) is 0 Å². The van der Waals surface area contributed by atoms with E-state index in [1.54, 1.807) is 0 Å². The number of nitriles is 2. The highest BCUT2D eigenvalue weighted by atomic mass is 15.0. The SMILES string of the molecule is [C-]#[N+]c1ccc2c3ccccc3n(-c3ccc(-c4cccc(-c5ccccc5-n5c6ccccc6c6cc(C#N)ccc65)c4)c(C#N)c3)c2c1. The van der Waals surface area contributed by atoms with Crippen molar-refractivity contribution in [2.45, 2.75) is 0 Å². The quantitative estimate of drug-likeness (QED) is 0.181. The molecule has 0 amide bonds. The second-order valence-electron chi connectivity index (χ2n) is 12.3. The molecule has 0 N–H and O–H groups in total. The van der Waals surface area contributed by atoms with Crippen LogP contribution in [-0.4, -0.2) is 9.13 Å². The van der Waals surface area contributed by atoms with Gasteiger partial charge < -0.3 is 9.13 Å². The number of rotatable bonds is 4. The van der Waals surface area contributed by atoms with Crippen LogP contribution in [0.15, 0.2) is 152 Å². The zero-order chi connectivity index (χ0) is 33.8. The zero-order valence-electron chi connectivity index (χ0n) is 26.7. The van der Waals surface area contributed by atoms with Gasteiger partial charge in [-0.2, -0.15) is 10.5 Å². The van der Waals surface area contributed by atoms with Gasteiger partial charge in [0.25, 0.3) is 0 Å². The number of hydrogen-bond acceptors (Lipinski definition) is 2. The molecule has 230 valence electrons. The van der Waals surface area contributed by atoms with Crippen LogP contribution in [0.4, 0.5) is 5.69 Å². The molecule has 9 aromatic rings. The van der Waals surface area contributed by atoms with E-state index in [-0.39, 0.29) is 0 Å². The van der Waals surface area contributed by atoms with E-state index in [9.17, 15) is 10.5 Å². The Morgan fingerprint density at radius 2 is 1.16 bits per heavy atom. The van der Waals surface area contributed by atoms with Crippen molar-refractivity contribution in [1.82, 2.24) is 9.13 Å². The van der Waals surface area contributed by atoms with Crippen molar-refractivity contribution < 1.29 is 0 Å². The summed E-state index contributed by atoms with van der Waals surface area (Å²) in [7, 11) is 0. The lowest BCUT2D eigenvalue weighted by atomic mass is 9.95. The maximum Gasteiger partial charge on any atom is 0.189 e. The van der Waals surface area contributed by atoms with E-state index in [4.69, 9.17) is 6.57 Å². The Kier molecular flexibility index (Phi) is 6.56. The summed E-state index contributed by atoms with van der Waals surface area (Å²) in [6.07, 6.45) is 0. The van der Waals surface area contributed by atoms with Crippen molar-refractivity contribution >= 4 is 49.3 Å². The van der Waals surface area contributed by atoms with Crippen LogP contribution in [0.2, 0.25) is 0 Å². The van der Waals surface area contributed by atoms with Gasteiger partial charge in [0.1, 0.15) is 0 Å². The van der Waals surface area contributed by atoms with Gasteiger partial charge in [0.2, 0.25) is 0 Å². The fourth-order valence-corrected chi connectivity index (χ4v) is 7.39. The van der Waals surface area contributed by atoms with Gasteiger partial charge in [-0.15, -0.1) is 0 Å². The highest BCUT2D eigenvalue weighted by molar-refractivity contribution is 6.11. The molecule has 5 nitrogen and oxygen atoms in total. The van der Waals surface area contributed by atoms with Gasteiger partial charge in [0.05, 0.1) is 52.1 Å². The molecule has 2 heterocycles. The Hall–Kier alpha value is -7.39. The van der Waals surface area contributed by atoms with Crippen LogP contribution in [0.3, 0.4) is 0 Å². The monoisotopic (exact) mass is 635 g/mol. The minimum atomic E-state index is 0.566. The Balaban J connectivity index is 1.19. The second kappa shape index (κ2) is 11.4. The largest absolute Gasteiger partial charge is 0.310 e. The van der Waals surface area contributed by atoms with E-state index in [1.807, 2.05) is 91.0 Å². The molecule has 0 saturated heterocycles. The van der Waals surface area contributed by atoms with Crippen LogP contribution in [0.1, 0.15) is 11.1 Å². The molecule has 9 rings (SSSR count). The average Bonchev–Trinajstić information content (AvgIpc) is 3.69. The predicted molar refractivity (Wildman–Crippen MR) is 202 cm³/mol. The van der Waals surface area contributed by atoms with Gasteiger partial charge in [-0.05, 0) is 77.4 Å². The summed E-state index contributed by atoms with van der Waals surface area (Å²) in [5, 5.41) is 24.4. The maximum absolute atomic E-state index is 10.5. The Morgan fingerprint density at radius 1 is 0.480 bits per heavy atom. The lowest BCUT2D eigenvalue weighted by Gasteiger charge is -2.15. The summed E-state index contributed by atoms with van der Waals surface area (Å²) in [5.74, 6) is 0. The van der Waals surface area contributed by atoms with Crippen LogP contribution in [-0.2, 0) is 0 Å². The van der Waals surface area contributed by atoms with Gasteiger partial charge >= 0.3 is 0 Å². The summed E-state index contributed by atoms with van der Waals surface area (Å²) >= 11 is 0. The average molecular weight is 636 g/mol. The molecule has 0 radical (unpaired) electrons. The van der Waals surface area contributed by atoms with Gasteiger partial charge in [-0.3, -0.25) is 0 Å². The van der Waals surface area contributed by atoms with Crippen LogP contribution in [0, 0.1) is 29.2 Å². The summed E-state index contributed by atoms with van der Waals surface area (Å²) < 4.78 is 4.41. The molecular weight excluding hydrogens is 611 g/mol. The number of nitrogens with zero attached hydrogens (tertiary/aromatic N) is 5. The lowest BCUT2D eigenvalue weighted by molar-refractivity contribution is 1.18. The predicted octanol–water partition coefficient (Wildman–Crippen LogP) is 11.5. The molecule has 0 aliphatic carbocycles. The Labute approximate surface area is 288 Å². The van der Waals surface area contributed by atoms with Gasteiger partial charge in [0.15, 0.2) is 5.69 Å². The van der Waals surface area contributed by atoms with E-state index in [0.717, 1.165) is 77.2 Å². The Bertz CT molecular complexity index is 2970. The number of fused-ring (bicyclic) bond motifs is 6. The van der Waals surface area contributed by atoms with Gasteiger partial charge in [-0.25, -0.2) is 4.85 Å². The summed E-state index contributed by atoms with van der Waals surface area (Å²) in [6, 6.07) is 55.7. The van der Waals surface area contributed by atoms with E-state index < -0.39 is 0 Å². The second-order valence-corrected chi connectivity index (χ2v) is 12.3. The van der Waals surface area contributed by atoms with E-state index >= 15 is 0 Å². The number of hydrogen-bond donors (Lipinski definition) is 0. The van der Waals surface area contributed by atoms with Crippen molar-refractivity contribution in [3.8, 4) is 45.8 Å². The Morgan fingerprint density at radius 3 is 1.94 bits per heavy atom. The normalized spacial score (nSPS) is 11.1. The molecule has 0 unspecified atom stereocenters. The maximum atomic E-state index is 10.5. The fraction of sp³-hybridized carbons (Fsp3) is 0. The molecule has 0 aliphatic heterocycles.